The molecule has 18 heavy (non-hydrogen) atoms. The van der Waals surface area contributed by atoms with E-state index in [9.17, 15) is 4.79 Å². The molecule has 1 N–H and O–H groups in total. The summed E-state index contributed by atoms with van der Waals surface area (Å²) in [6, 6.07) is 7.76. The average molecular weight is 249 g/mol. The topological polar surface area (TPSA) is 38.3 Å². The summed E-state index contributed by atoms with van der Waals surface area (Å²) in [5.41, 5.74) is 1.06. The predicted octanol–water partition coefficient (Wildman–Crippen LogP) is 3.14. The van der Waals surface area contributed by atoms with Crippen molar-refractivity contribution in [3.63, 3.8) is 0 Å². The van der Waals surface area contributed by atoms with E-state index in [1.54, 1.807) is 7.11 Å². The largest absolute Gasteiger partial charge is 0.497 e. The van der Waals surface area contributed by atoms with Gasteiger partial charge in [0.15, 0.2) is 0 Å². The van der Waals surface area contributed by atoms with E-state index in [0.29, 0.717) is 6.54 Å². The van der Waals surface area contributed by atoms with Crippen LogP contribution in [0.5, 0.6) is 5.75 Å². The molecule has 0 fully saturated rings. The Morgan fingerprint density at radius 2 is 2.22 bits per heavy atom. The molecule has 1 aromatic carbocycles. The van der Waals surface area contributed by atoms with Gasteiger partial charge in [-0.3, -0.25) is 4.79 Å². The van der Waals surface area contributed by atoms with Crippen molar-refractivity contribution < 1.29 is 9.53 Å². The number of methoxy groups -OCH3 is 1. The van der Waals surface area contributed by atoms with Gasteiger partial charge < -0.3 is 10.1 Å². The Balaban J connectivity index is 2.41. The molecule has 0 saturated carbocycles. The van der Waals surface area contributed by atoms with Gasteiger partial charge in [0, 0.05) is 12.5 Å². The number of rotatable bonds is 7. The summed E-state index contributed by atoms with van der Waals surface area (Å²) in [6.45, 7) is 4.68. The summed E-state index contributed by atoms with van der Waals surface area (Å²) in [5.74, 6) is 1.04. The zero-order valence-electron chi connectivity index (χ0n) is 11.5. The van der Waals surface area contributed by atoms with Gasteiger partial charge in [-0.1, -0.05) is 38.8 Å². The maximum Gasteiger partial charge on any atom is 0.223 e. The third kappa shape index (κ3) is 4.78. The van der Waals surface area contributed by atoms with Crippen LogP contribution in [0.1, 0.15) is 38.7 Å². The van der Waals surface area contributed by atoms with Crippen LogP contribution in [0, 0.1) is 5.92 Å². The molecule has 0 spiro atoms. The first kappa shape index (κ1) is 14.6. The van der Waals surface area contributed by atoms with Crippen molar-refractivity contribution in [1.29, 1.82) is 0 Å². The van der Waals surface area contributed by atoms with Gasteiger partial charge in [0.25, 0.3) is 0 Å². The molecular formula is C15H23NO2. The van der Waals surface area contributed by atoms with Gasteiger partial charge in [0.1, 0.15) is 5.75 Å². The van der Waals surface area contributed by atoms with E-state index in [-0.39, 0.29) is 11.8 Å². The Bertz CT molecular complexity index is 377. The van der Waals surface area contributed by atoms with Crippen molar-refractivity contribution in [2.75, 3.05) is 7.11 Å². The lowest BCUT2D eigenvalue weighted by molar-refractivity contribution is -0.124. The summed E-state index contributed by atoms with van der Waals surface area (Å²) in [6.07, 6.45) is 3.20. The van der Waals surface area contributed by atoms with Crippen molar-refractivity contribution in [3.8, 4) is 5.75 Å². The average Bonchev–Trinajstić information content (AvgIpc) is 2.42. The normalized spacial score (nSPS) is 11.9. The molecule has 0 bridgehead atoms. The quantitative estimate of drug-likeness (QED) is 0.806. The maximum absolute atomic E-state index is 11.8. The number of hydrogen-bond donors (Lipinski definition) is 1. The fourth-order valence-electron chi connectivity index (χ4n) is 1.79. The molecule has 3 nitrogen and oxygen atoms in total. The second-order valence-electron chi connectivity index (χ2n) is 4.61. The Morgan fingerprint density at radius 3 is 2.89 bits per heavy atom. The van der Waals surface area contributed by atoms with E-state index in [1.165, 1.54) is 0 Å². The fourth-order valence-corrected chi connectivity index (χ4v) is 1.79. The zero-order valence-corrected chi connectivity index (χ0v) is 11.5. The molecule has 0 aliphatic rings. The van der Waals surface area contributed by atoms with Crippen molar-refractivity contribution in [2.24, 2.45) is 5.92 Å². The molecule has 1 rings (SSSR count). The molecule has 3 heteroatoms. The van der Waals surface area contributed by atoms with Crippen LogP contribution >= 0.6 is 0 Å². The van der Waals surface area contributed by atoms with Gasteiger partial charge in [-0.25, -0.2) is 0 Å². The second kappa shape index (κ2) is 7.75. The molecule has 0 heterocycles. The second-order valence-corrected chi connectivity index (χ2v) is 4.61. The number of unbranched alkanes of at least 4 members (excludes halogenated alkanes) is 1. The Morgan fingerprint density at radius 1 is 1.44 bits per heavy atom. The number of benzene rings is 1. The van der Waals surface area contributed by atoms with Crippen molar-refractivity contribution in [1.82, 2.24) is 5.32 Å². The van der Waals surface area contributed by atoms with Crippen LogP contribution in [0.3, 0.4) is 0 Å². The molecule has 1 atom stereocenters. The van der Waals surface area contributed by atoms with E-state index in [2.05, 4.69) is 12.2 Å². The lowest BCUT2D eigenvalue weighted by Crippen LogP contribution is -2.28. The first-order valence-electron chi connectivity index (χ1n) is 6.58. The molecule has 0 radical (unpaired) electrons. The minimum Gasteiger partial charge on any atom is -0.497 e. The Hall–Kier alpha value is -1.51. The monoisotopic (exact) mass is 249 g/mol. The van der Waals surface area contributed by atoms with Crippen molar-refractivity contribution in [2.45, 2.75) is 39.7 Å². The van der Waals surface area contributed by atoms with Crippen LogP contribution in [0.4, 0.5) is 0 Å². The number of amides is 1. The lowest BCUT2D eigenvalue weighted by atomic mass is 10.0. The van der Waals surface area contributed by atoms with Gasteiger partial charge in [-0.05, 0) is 24.1 Å². The number of carbonyl (C=O) groups is 1. The van der Waals surface area contributed by atoms with Gasteiger partial charge in [0.2, 0.25) is 5.91 Å². The fraction of sp³-hybridized carbons (Fsp3) is 0.533. The number of ether oxygens (including phenoxy) is 1. The van der Waals surface area contributed by atoms with Crippen LogP contribution in [0.25, 0.3) is 0 Å². The summed E-state index contributed by atoms with van der Waals surface area (Å²) in [5, 5.41) is 2.96. The van der Waals surface area contributed by atoms with Gasteiger partial charge in [-0.2, -0.15) is 0 Å². The van der Waals surface area contributed by atoms with E-state index in [0.717, 1.165) is 30.6 Å². The Kier molecular flexibility index (Phi) is 6.26. The predicted molar refractivity (Wildman–Crippen MR) is 73.5 cm³/mol. The molecule has 1 amide bonds. The van der Waals surface area contributed by atoms with Crippen molar-refractivity contribution >= 4 is 5.91 Å². The van der Waals surface area contributed by atoms with E-state index < -0.39 is 0 Å². The minimum absolute atomic E-state index is 0.0931. The first-order chi connectivity index (χ1) is 8.67. The molecule has 0 saturated heterocycles. The Labute approximate surface area is 110 Å². The molecular weight excluding hydrogens is 226 g/mol. The lowest BCUT2D eigenvalue weighted by Gasteiger charge is -2.12. The highest BCUT2D eigenvalue weighted by atomic mass is 16.5. The summed E-state index contributed by atoms with van der Waals surface area (Å²) in [7, 11) is 1.64. The smallest absolute Gasteiger partial charge is 0.223 e. The molecule has 0 aliphatic carbocycles. The number of nitrogens with one attached hydrogen (secondary N) is 1. The zero-order chi connectivity index (χ0) is 13.4. The third-order valence-corrected chi connectivity index (χ3v) is 3.04. The van der Waals surface area contributed by atoms with Gasteiger partial charge in [0.05, 0.1) is 7.11 Å². The van der Waals surface area contributed by atoms with E-state index >= 15 is 0 Å². The molecule has 0 aromatic heterocycles. The highest BCUT2D eigenvalue weighted by Crippen LogP contribution is 2.13. The van der Waals surface area contributed by atoms with Crippen LogP contribution in [0.2, 0.25) is 0 Å². The summed E-state index contributed by atoms with van der Waals surface area (Å²) in [4.78, 5) is 11.8. The molecule has 0 aliphatic heterocycles. The molecule has 1 aromatic rings. The van der Waals surface area contributed by atoms with Crippen LogP contribution in [0.15, 0.2) is 24.3 Å². The van der Waals surface area contributed by atoms with Crippen LogP contribution < -0.4 is 10.1 Å². The van der Waals surface area contributed by atoms with Crippen molar-refractivity contribution in [3.05, 3.63) is 29.8 Å². The molecule has 1 unspecified atom stereocenters. The van der Waals surface area contributed by atoms with Crippen LogP contribution in [-0.2, 0) is 11.3 Å². The highest BCUT2D eigenvalue weighted by molar-refractivity contribution is 5.78. The minimum atomic E-state index is 0.0931. The summed E-state index contributed by atoms with van der Waals surface area (Å²) >= 11 is 0. The highest BCUT2D eigenvalue weighted by Gasteiger charge is 2.11. The standard InChI is InChI=1S/C15H23NO2/c1-4-5-7-12(2)15(17)16-11-13-8-6-9-14(10-13)18-3/h6,8-10,12H,4-5,7,11H2,1-3H3,(H,16,17). The van der Waals surface area contributed by atoms with E-state index in [1.807, 2.05) is 31.2 Å². The molecule has 100 valence electrons. The third-order valence-electron chi connectivity index (χ3n) is 3.04. The van der Waals surface area contributed by atoms with Gasteiger partial charge >= 0.3 is 0 Å². The summed E-state index contributed by atoms with van der Waals surface area (Å²) < 4.78 is 5.15. The van der Waals surface area contributed by atoms with Crippen LogP contribution in [-0.4, -0.2) is 13.0 Å². The van der Waals surface area contributed by atoms with E-state index in [4.69, 9.17) is 4.74 Å². The SMILES string of the molecule is CCCCC(C)C(=O)NCc1cccc(OC)c1. The first-order valence-corrected chi connectivity index (χ1v) is 6.58. The maximum atomic E-state index is 11.8. The number of hydrogen-bond acceptors (Lipinski definition) is 2. The number of carbonyl (C=O) groups excluding carboxylic acids is 1. The van der Waals surface area contributed by atoms with Gasteiger partial charge in [-0.15, -0.1) is 0 Å².